The second-order valence-corrected chi connectivity index (χ2v) is 7.86. The SMILES string of the molecule is O=S(=O)(c1nc2n(n1)[C@H](c1ccc(F)cc1)C[C@@H]2F)[C@H]1C[C@@H]1F. The minimum atomic E-state index is -3.97. The zero-order valence-corrected chi connectivity index (χ0v) is 12.5. The quantitative estimate of drug-likeness (QED) is 0.858. The Morgan fingerprint density at radius 3 is 2.39 bits per heavy atom. The standard InChI is InChI=1S/C14H12F3N3O2S/c15-8-3-1-7(2-4-8)11-5-10(17)13-18-14(19-20(11)13)23(21,22)12-6-9(12)16/h1-4,9-12H,5-6H2/t9-,10-,11-,12-/m0/s1. The van der Waals surface area contributed by atoms with Gasteiger partial charge in [-0.1, -0.05) is 12.1 Å². The summed E-state index contributed by atoms with van der Waals surface area (Å²) in [6, 6.07) is 4.92. The molecule has 1 aromatic heterocycles. The van der Waals surface area contributed by atoms with Gasteiger partial charge < -0.3 is 0 Å². The van der Waals surface area contributed by atoms with Crippen LogP contribution in [0.1, 0.15) is 36.4 Å². The molecule has 0 unspecified atom stereocenters. The molecule has 9 heteroatoms. The zero-order valence-electron chi connectivity index (χ0n) is 11.7. The Bertz CT molecular complexity index is 866. The fourth-order valence-electron chi connectivity index (χ4n) is 2.84. The Morgan fingerprint density at radius 2 is 1.78 bits per heavy atom. The highest BCUT2D eigenvalue weighted by Gasteiger charge is 2.51. The van der Waals surface area contributed by atoms with Gasteiger partial charge in [0.1, 0.15) is 17.2 Å². The summed E-state index contributed by atoms with van der Waals surface area (Å²) in [6.45, 7) is 0. The van der Waals surface area contributed by atoms with Crippen molar-refractivity contribution < 1.29 is 21.6 Å². The normalized spacial score (nSPS) is 29.5. The van der Waals surface area contributed by atoms with Crippen molar-refractivity contribution in [3.05, 3.63) is 41.5 Å². The molecule has 0 bridgehead atoms. The lowest BCUT2D eigenvalue weighted by Gasteiger charge is -2.11. The van der Waals surface area contributed by atoms with Gasteiger partial charge in [-0.05, 0) is 24.1 Å². The molecule has 1 fully saturated rings. The van der Waals surface area contributed by atoms with Crippen molar-refractivity contribution in [2.75, 3.05) is 0 Å². The molecule has 2 heterocycles. The Labute approximate surface area is 130 Å². The Hall–Kier alpha value is -1.90. The Kier molecular flexibility index (Phi) is 3.06. The van der Waals surface area contributed by atoms with E-state index in [-0.39, 0.29) is 18.7 Å². The van der Waals surface area contributed by atoms with Gasteiger partial charge in [0.25, 0.3) is 5.16 Å². The predicted molar refractivity (Wildman–Crippen MR) is 73.5 cm³/mol. The monoisotopic (exact) mass is 343 g/mol. The average molecular weight is 343 g/mol. The molecule has 1 aromatic carbocycles. The Balaban J connectivity index is 1.74. The summed E-state index contributed by atoms with van der Waals surface area (Å²) in [5.41, 5.74) is 0.608. The van der Waals surface area contributed by atoms with Crippen molar-refractivity contribution in [2.45, 2.75) is 41.6 Å². The lowest BCUT2D eigenvalue weighted by molar-refractivity contribution is 0.326. The summed E-state index contributed by atoms with van der Waals surface area (Å²) < 4.78 is 65.8. The predicted octanol–water partition coefficient (Wildman–Crippen LogP) is 2.31. The van der Waals surface area contributed by atoms with Gasteiger partial charge in [0.05, 0.1) is 6.04 Å². The maximum Gasteiger partial charge on any atom is 0.267 e. The highest BCUT2D eigenvalue weighted by Crippen LogP contribution is 2.41. The number of hydrogen-bond donors (Lipinski definition) is 0. The zero-order chi connectivity index (χ0) is 16.4. The third-order valence-corrected chi connectivity index (χ3v) is 6.18. The summed E-state index contributed by atoms with van der Waals surface area (Å²) in [5.74, 6) is -0.512. The fraction of sp³-hybridized carbons (Fsp3) is 0.429. The van der Waals surface area contributed by atoms with E-state index in [1.807, 2.05) is 0 Å². The summed E-state index contributed by atoms with van der Waals surface area (Å²) in [7, 11) is -3.97. The van der Waals surface area contributed by atoms with Crippen LogP contribution in [-0.4, -0.2) is 34.6 Å². The second kappa shape index (κ2) is 4.80. The van der Waals surface area contributed by atoms with E-state index in [9.17, 15) is 21.6 Å². The fourth-order valence-corrected chi connectivity index (χ4v) is 4.36. The van der Waals surface area contributed by atoms with Crippen molar-refractivity contribution in [3.8, 4) is 0 Å². The van der Waals surface area contributed by atoms with Crippen LogP contribution in [-0.2, 0) is 9.84 Å². The van der Waals surface area contributed by atoms with E-state index in [2.05, 4.69) is 10.1 Å². The molecule has 1 aliphatic carbocycles. The number of halogens is 3. The van der Waals surface area contributed by atoms with Crippen LogP contribution < -0.4 is 0 Å². The molecule has 5 nitrogen and oxygen atoms in total. The third-order valence-electron chi connectivity index (χ3n) is 4.21. The molecule has 122 valence electrons. The van der Waals surface area contributed by atoms with E-state index in [1.165, 1.54) is 28.9 Å². The maximum absolute atomic E-state index is 14.2. The second-order valence-electron chi connectivity index (χ2n) is 5.80. The van der Waals surface area contributed by atoms with Crippen LogP contribution in [0.2, 0.25) is 0 Å². The molecule has 2 aromatic rings. The first-order chi connectivity index (χ1) is 10.9. The number of nitrogens with zero attached hydrogens (tertiary/aromatic N) is 3. The van der Waals surface area contributed by atoms with Crippen LogP contribution in [0, 0.1) is 5.82 Å². The smallest absolute Gasteiger partial charge is 0.246 e. The lowest BCUT2D eigenvalue weighted by atomic mass is 10.0. The molecule has 0 radical (unpaired) electrons. The van der Waals surface area contributed by atoms with Crippen molar-refractivity contribution in [2.24, 2.45) is 0 Å². The van der Waals surface area contributed by atoms with E-state index < -0.39 is 44.4 Å². The molecule has 0 amide bonds. The number of rotatable bonds is 3. The van der Waals surface area contributed by atoms with Crippen molar-refractivity contribution in [1.82, 2.24) is 14.8 Å². The number of sulfone groups is 1. The molecular weight excluding hydrogens is 331 g/mol. The third kappa shape index (κ3) is 2.25. The van der Waals surface area contributed by atoms with Crippen LogP contribution in [0.25, 0.3) is 0 Å². The summed E-state index contributed by atoms with van der Waals surface area (Å²) in [5, 5.41) is 2.24. The van der Waals surface area contributed by atoms with Crippen molar-refractivity contribution in [1.29, 1.82) is 0 Å². The number of aromatic nitrogens is 3. The first-order valence-corrected chi connectivity index (χ1v) is 8.66. The minimum absolute atomic E-state index is 0.0520. The van der Waals surface area contributed by atoms with Gasteiger partial charge >= 0.3 is 0 Å². The van der Waals surface area contributed by atoms with Crippen LogP contribution in [0.15, 0.2) is 29.4 Å². The molecule has 0 spiro atoms. The molecule has 1 saturated carbocycles. The molecule has 0 saturated heterocycles. The van der Waals surface area contributed by atoms with Gasteiger partial charge in [0.2, 0.25) is 9.84 Å². The van der Waals surface area contributed by atoms with Crippen LogP contribution in [0.5, 0.6) is 0 Å². The molecule has 1 aliphatic heterocycles. The molecular formula is C14H12F3N3O2S. The van der Waals surface area contributed by atoms with Gasteiger partial charge in [-0.3, -0.25) is 0 Å². The maximum atomic E-state index is 14.2. The van der Waals surface area contributed by atoms with Gasteiger partial charge in [-0.25, -0.2) is 26.3 Å². The number of benzene rings is 1. The lowest BCUT2D eigenvalue weighted by Crippen LogP contribution is -2.14. The molecule has 23 heavy (non-hydrogen) atoms. The van der Waals surface area contributed by atoms with Crippen LogP contribution >= 0.6 is 0 Å². The minimum Gasteiger partial charge on any atom is -0.246 e. The van der Waals surface area contributed by atoms with Crippen molar-refractivity contribution >= 4 is 9.84 Å². The summed E-state index contributed by atoms with van der Waals surface area (Å²) in [6.07, 6.45) is -2.90. The first kappa shape index (κ1) is 14.7. The van der Waals surface area contributed by atoms with Gasteiger partial charge in [-0.15, -0.1) is 5.10 Å². The number of hydrogen-bond acceptors (Lipinski definition) is 4. The molecule has 4 rings (SSSR count). The number of alkyl halides is 2. The largest absolute Gasteiger partial charge is 0.267 e. The molecule has 4 atom stereocenters. The van der Waals surface area contributed by atoms with Gasteiger partial charge in [0.15, 0.2) is 12.0 Å². The highest BCUT2D eigenvalue weighted by atomic mass is 32.2. The Morgan fingerprint density at radius 1 is 1.13 bits per heavy atom. The van der Waals surface area contributed by atoms with Crippen LogP contribution in [0.4, 0.5) is 13.2 Å². The highest BCUT2D eigenvalue weighted by molar-refractivity contribution is 7.92. The average Bonchev–Trinajstić information content (AvgIpc) is 2.96. The molecule has 0 N–H and O–H groups in total. The first-order valence-electron chi connectivity index (χ1n) is 7.12. The van der Waals surface area contributed by atoms with E-state index in [1.54, 1.807) is 0 Å². The summed E-state index contributed by atoms with van der Waals surface area (Å²) in [4.78, 5) is 3.78. The van der Waals surface area contributed by atoms with E-state index in [0.29, 0.717) is 5.56 Å². The van der Waals surface area contributed by atoms with Gasteiger partial charge in [-0.2, -0.15) is 4.98 Å². The van der Waals surface area contributed by atoms with Crippen molar-refractivity contribution in [3.63, 3.8) is 0 Å². The van der Waals surface area contributed by atoms with E-state index in [4.69, 9.17) is 0 Å². The van der Waals surface area contributed by atoms with E-state index in [0.717, 1.165) is 0 Å². The molecule has 2 aliphatic rings. The number of fused-ring (bicyclic) bond motifs is 1. The topological polar surface area (TPSA) is 64.8 Å². The van der Waals surface area contributed by atoms with Gasteiger partial charge in [0, 0.05) is 6.42 Å². The van der Waals surface area contributed by atoms with E-state index >= 15 is 0 Å². The summed E-state index contributed by atoms with van der Waals surface area (Å²) >= 11 is 0. The van der Waals surface area contributed by atoms with Crippen LogP contribution in [0.3, 0.4) is 0 Å².